The maximum absolute atomic E-state index is 11.8. The molecule has 1 unspecified atom stereocenters. The summed E-state index contributed by atoms with van der Waals surface area (Å²) in [5.74, 6) is -0.412. The summed E-state index contributed by atoms with van der Waals surface area (Å²) in [5, 5.41) is 0. The molecule has 0 saturated heterocycles. The molecule has 3 nitrogen and oxygen atoms in total. The number of hydrogen-bond donors (Lipinski definition) is 0. The van der Waals surface area contributed by atoms with Crippen molar-refractivity contribution in [2.24, 2.45) is 11.8 Å². The van der Waals surface area contributed by atoms with Crippen molar-refractivity contribution < 1.29 is 14.3 Å². The van der Waals surface area contributed by atoms with Crippen LogP contribution >= 0.6 is 0 Å². The Balaban J connectivity index is 2.63. The molecule has 1 aliphatic rings. The first-order valence-electron chi connectivity index (χ1n) is 5.54. The smallest absolute Gasteiger partial charge is 0.310 e. The zero-order chi connectivity index (χ0) is 11.6. The molecule has 0 bridgehead atoms. The quantitative estimate of drug-likeness (QED) is 0.660. The molecule has 0 N–H and O–H groups in total. The normalized spacial score (nSPS) is 26.4. The molecule has 1 rings (SSSR count). The molecular formula is C12H20O3. The van der Waals surface area contributed by atoms with Crippen LogP contribution in [0, 0.1) is 11.8 Å². The van der Waals surface area contributed by atoms with Crippen LogP contribution in [0.1, 0.15) is 47.0 Å². The van der Waals surface area contributed by atoms with Gasteiger partial charge in [-0.1, -0.05) is 6.42 Å². The summed E-state index contributed by atoms with van der Waals surface area (Å²) in [6.07, 6.45) is 2.58. The Bertz CT molecular complexity index is 263. The van der Waals surface area contributed by atoms with E-state index in [1.807, 2.05) is 20.8 Å². The van der Waals surface area contributed by atoms with E-state index in [4.69, 9.17) is 4.74 Å². The van der Waals surface area contributed by atoms with Crippen molar-refractivity contribution in [1.29, 1.82) is 0 Å². The van der Waals surface area contributed by atoms with Crippen LogP contribution in [0.25, 0.3) is 0 Å². The Morgan fingerprint density at radius 2 is 1.67 bits per heavy atom. The van der Waals surface area contributed by atoms with Crippen LogP contribution in [-0.4, -0.2) is 17.4 Å². The highest BCUT2D eigenvalue weighted by Crippen LogP contribution is 2.34. The van der Waals surface area contributed by atoms with Gasteiger partial charge >= 0.3 is 5.97 Å². The third-order valence-electron chi connectivity index (χ3n) is 2.75. The van der Waals surface area contributed by atoms with Crippen molar-refractivity contribution >= 4 is 11.8 Å². The molecule has 0 heterocycles. The predicted octanol–water partition coefficient (Wildman–Crippen LogP) is 2.33. The van der Waals surface area contributed by atoms with Gasteiger partial charge in [0.15, 0.2) is 0 Å². The topological polar surface area (TPSA) is 43.4 Å². The molecular weight excluding hydrogens is 192 g/mol. The highest BCUT2D eigenvalue weighted by molar-refractivity contribution is 5.85. The van der Waals surface area contributed by atoms with Crippen molar-refractivity contribution in [2.45, 2.75) is 52.6 Å². The van der Waals surface area contributed by atoms with Gasteiger partial charge in [0, 0.05) is 5.92 Å². The molecule has 15 heavy (non-hydrogen) atoms. The molecule has 0 aromatic heterocycles. The lowest BCUT2D eigenvalue weighted by Crippen LogP contribution is -2.32. The average molecular weight is 212 g/mol. The van der Waals surface area contributed by atoms with Crippen LogP contribution in [0.4, 0.5) is 0 Å². The van der Waals surface area contributed by atoms with Crippen LogP contribution in [0.15, 0.2) is 0 Å². The van der Waals surface area contributed by atoms with Gasteiger partial charge in [-0.15, -0.1) is 0 Å². The highest BCUT2D eigenvalue weighted by Gasteiger charge is 2.38. The molecule has 0 radical (unpaired) electrons. The van der Waals surface area contributed by atoms with E-state index in [2.05, 4.69) is 0 Å². The van der Waals surface area contributed by atoms with Gasteiger partial charge in [0.1, 0.15) is 11.4 Å². The number of rotatable bonds is 2. The Morgan fingerprint density at radius 3 is 2.13 bits per heavy atom. The fourth-order valence-electron chi connectivity index (χ4n) is 2.11. The van der Waals surface area contributed by atoms with Gasteiger partial charge in [0.25, 0.3) is 0 Å². The minimum atomic E-state index is -0.457. The number of Topliss-reactive ketones (excluding diaryl/α,β-unsaturated/α-hetero) is 1. The Kier molecular flexibility index (Phi) is 3.53. The van der Waals surface area contributed by atoms with Crippen LogP contribution in [0.2, 0.25) is 0 Å². The molecule has 86 valence electrons. The second-order valence-electron chi connectivity index (χ2n) is 5.29. The maximum atomic E-state index is 11.8. The first-order chi connectivity index (χ1) is 6.81. The van der Waals surface area contributed by atoms with E-state index in [0.29, 0.717) is 0 Å². The Morgan fingerprint density at radius 1 is 1.13 bits per heavy atom. The summed E-state index contributed by atoms with van der Waals surface area (Å²) in [6.45, 7) is 7.11. The van der Waals surface area contributed by atoms with Crippen LogP contribution in [-0.2, 0) is 14.3 Å². The van der Waals surface area contributed by atoms with E-state index < -0.39 is 5.60 Å². The van der Waals surface area contributed by atoms with E-state index in [0.717, 1.165) is 19.3 Å². The molecule has 1 aliphatic carbocycles. The average Bonchev–Trinajstić information content (AvgIpc) is 2.47. The molecule has 0 aromatic rings. The van der Waals surface area contributed by atoms with Gasteiger partial charge in [-0.25, -0.2) is 0 Å². The summed E-state index contributed by atoms with van der Waals surface area (Å²) in [4.78, 5) is 23.1. The number of esters is 1. The second kappa shape index (κ2) is 4.33. The summed E-state index contributed by atoms with van der Waals surface area (Å²) in [7, 11) is 0. The Labute approximate surface area is 91.2 Å². The van der Waals surface area contributed by atoms with E-state index >= 15 is 0 Å². The third-order valence-corrected chi connectivity index (χ3v) is 2.75. The van der Waals surface area contributed by atoms with Gasteiger partial charge in [0.2, 0.25) is 0 Å². The van der Waals surface area contributed by atoms with Crippen molar-refractivity contribution in [2.75, 3.05) is 0 Å². The maximum Gasteiger partial charge on any atom is 0.310 e. The van der Waals surface area contributed by atoms with Gasteiger partial charge in [-0.05, 0) is 40.5 Å². The first-order valence-corrected chi connectivity index (χ1v) is 5.54. The lowest BCUT2D eigenvalue weighted by molar-refractivity contribution is -0.162. The minimum Gasteiger partial charge on any atom is -0.460 e. The number of carbonyl (C=O) groups is 2. The molecule has 3 heteroatoms. The van der Waals surface area contributed by atoms with E-state index in [9.17, 15) is 9.59 Å². The van der Waals surface area contributed by atoms with Crippen molar-refractivity contribution in [3.63, 3.8) is 0 Å². The summed E-state index contributed by atoms with van der Waals surface area (Å²) >= 11 is 0. The highest BCUT2D eigenvalue weighted by atomic mass is 16.6. The van der Waals surface area contributed by atoms with Gasteiger partial charge in [-0.2, -0.15) is 0 Å². The number of hydrogen-bond acceptors (Lipinski definition) is 3. The number of carbonyl (C=O) groups excluding carboxylic acids is 2. The first kappa shape index (κ1) is 12.2. The monoisotopic (exact) mass is 212 g/mol. The number of ketones is 1. The van der Waals surface area contributed by atoms with Crippen LogP contribution < -0.4 is 0 Å². The molecule has 0 spiro atoms. The molecule has 0 amide bonds. The van der Waals surface area contributed by atoms with Gasteiger partial charge < -0.3 is 4.74 Å². The molecule has 0 aliphatic heterocycles. The SMILES string of the molecule is CC(=O)[C@H]1CCCC1C(=O)OC(C)(C)C. The van der Waals surface area contributed by atoms with E-state index in [1.165, 1.54) is 0 Å². The summed E-state index contributed by atoms with van der Waals surface area (Å²) in [6, 6.07) is 0. The van der Waals surface area contributed by atoms with E-state index in [1.54, 1.807) is 6.92 Å². The summed E-state index contributed by atoms with van der Waals surface area (Å²) < 4.78 is 5.31. The van der Waals surface area contributed by atoms with E-state index in [-0.39, 0.29) is 23.6 Å². The van der Waals surface area contributed by atoms with Crippen LogP contribution in [0.3, 0.4) is 0 Å². The zero-order valence-corrected chi connectivity index (χ0v) is 10.0. The summed E-state index contributed by atoms with van der Waals surface area (Å²) in [5.41, 5.74) is -0.457. The lowest BCUT2D eigenvalue weighted by Gasteiger charge is -2.24. The second-order valence-corrected chi connectivity index (χ2v) is 5.29. The third kappa shape index (κ3) is 3.33. The largest absolute Gasteiger partial charge is 0.460 e. The Hall–Kier alpha value is -0.860. The van der Waals surface area contributed by atoms with Crippen molar-refractivity contribution in [1.82, 2.24) is 0 Å². The molecule has 1 fully saturated rings. The van der Waals surface area contributed by atoms with Crippen molar-refractivity contribution in [3.05, 3.63) is 0 Å². The van der Waals surface area contributed by atoms with Crippen LogP contribution in [0.5, 0.6) is 0 Å². The van der Waals surface area contributed by atoms with Crippen molar-refractivity contribution in [3.8, 4) is 0 Å². The zero-order valence-electron chi connectivity index (χ0n) is 10.0. The predicted molar refractivity (Wildman–Crippen MR) is 57.4 cm³/mol. The lowest BCUT2D eigenvalue weighted by atomic mass is 9.92. The van der Waals surface area contributed by atoms with Gasteiger partial charge in [-0.3, -0.25) is 9.59 Å². The van der Waals surface area contributed by atoms with Gasteiger partial charge in [0.05, 0.1) is 5.92 Å². The molecule has 2 atom stereocenters. The minimum absolute atomic E-state index is 0.111. The fraction of sp³-hybridized carbons (Fsp3) is 0.833. The standard InChI is InChI=1S/C12H20O3/c1-8(13)9-6-5-7-10(9)11(14)15-12(2,3)4/h9-10H,5-7H2,1-4H3/t9-,10?/m1/s1. The molecule has 1 saturated carbocycles. The molecule has 0 aromatic carbocycles. The number of ether oxygens (including phenoxy) is 1. The fourth-order valence-corrected chi connectivity index (χ4v) is 2.11.